The van der Waals surface area contributed by atoms with Gasteiger partial charge in [-0.25, -0.2) is 0 Å². The van der Waals surface area contributed by atoms with Crippen LogP contribution in [0.25, 0.3) is 0 Å². The summed E-state index contributed by atoms with van der Waals surface area (Å²) in [7, 11) is 0. The molecule has 1 N–H and O–H groups in total. The van der Waals surface area contributed by atoms with Crippen LogP contribution in [0.3, 0.4) is 0 Å². The summed E-state index contributed by atoms with van der Waals surface area (Å²) in [4.78, 5) is 10.0. The number of rotatable bonds is 2. The van der Waals surface area contributed by atoms with Crippen LogP contribution in [0.4, 0.5) is 5.69 Å². The molecule has 0 unspecified atom stereocenters. The lowest BCUT2D eigenvalue weighted by atomic mass is 10.1. The first-order valence-corrected chi connectivity index (χ1v) is 3.44. The van der Waals surface area contributed by atoms with Crippen LogP contribution in [0.1, 0.15) is 11.1 Å². The third-order valence-electron chi connectivity index (χ3n) is 1.58. The van der Waals surface area contributed by atoms with Crippen LogP contribution in [0, 0.1) is 13.8 Å². The van der Waals surface area contributed by atoms with Gasteiger partial charge in [-0.1, -0.05) is 12.1 Å². The second-order valence-corrected chi connectivity index (χ2v) is 2.55. The van der Waals surface area contributed by atoms with E-state index in [-0.39, 0.29) is 0 Å². The number of hydrogen-bond donors (Lipinski definition) is 1. The molecule has 0 aliphatic carbocycles. The largest absolute Gasteiger partial charge is 0.318 e. The van der Waals surface area contributed by atoms with Crippen LogP contribution in [0.2, 0.25) is 0 Å². The summed E-state index contributed by atoms with van der Waals surface area (Å²) < 4.78 is 0. The molecule has 11 heavy (non-hydrogen) atoms. The summed E-state index contributed by atoms with van der Waals surface area (Å²) >= 11 is 0. The second-order valence-electron chi connectivity index (χ2n) is 2.55. The van der Waals surface area contributed by atoms with Crippen molar-refractivity contribution in [3.63, 3.8) is 0 Å². The van der Waals surface area contributed by atoms with E-state index in [4.69, 9.17) is 0 Å². The van der Waals surface area contributed by atoms with E-state index < -0.39 is 0 Å². The van der Waals surface area contributed by atoms with Crippen molar-refractivity contribution in [2.24, 2.45) is 0 Å². The lowest BCUT2D eigenvalue weighted by Gasteiger charge is -2.02. The highest BCUT2D eigenvalue weighted by atomic mass is 16.1. The Bertz CT molecular complexity index is 268. The van der Waals surface area contributed by atoms with E-state index in [0.717, 1.165) is 16.8 Å². The van der Waals surface area contributed by atoms with Gasteiger partial charge in [0.05, 0.1) is 0 Å². The van der Waals surface area contributed by atoms with Crippen LogP contribution < -0.4 is 5.32 Å². The Balaban J connectivity index is 3.01. The minimum absolute atomic E-state index is 0.833. The van der Waals surface area contributed by atoms with Gasteiger partial charge in [0.15, 0.2) is 0 Å². The van der Waals surface area contributed by atoms with E-state index in [0.29, 0.717) is 0 Å². The smallest absolute Gasteiger partial charge is 0.314 e. The molecule has 0 saturated heterocycles. The first-order chi connectivity index (χ1) is 5.24. The zero-order valence-corrected chi connectivity index (χ0v) is 6.64. The van der Waals surface area contributed by atoms with Crippen LogP contribution >= 0.6 is 0 Å². The summed E-state index contributed by atoms with van der Waals surface area (Å²) in [6, 6.07) is 5.89. The van der Waals surface area contributed by atoms with Gasteiger partial charge in [-0.05, 0) is 31.0 Å². The molecule has 57 valence electrons. The molecular weight excluding hydrogens is 138 g/mol. The number of benzene rings is 1. The fourth-order valence-electron chi connectivity index (χ4n) is 0.925. The van der Waals surface area contributed by atoms with E-state index in [1.807, 2.05) is 32.0 Å². The highest BCUT2D eigenvalue weighted by molar-refractivity contribution is 5.74. The van der Waals surface area contributed by atoms with Gasteiger partial charge in [-0.15, -0.1) is 0 Å². The predicted octanol–water partition coefficient (Wildman–Crippen LogP) is 1.78. The number of carbonyl (C=O) groups excluding carboxylic acids is 1. The Hall–Kier alpha value is -1.31. The van der Waals surface area contributed by atoms with Crippen LogP contribution in [0.15, 0.2) is 18.2 Å². The monoisotopic (exact) mass is 148 g/mol. The summed E-state index contributed by atoms with van der Waals surface area (Å²) in [6.07, 6.45) is 1.65. The van der Waals surface area contributed by atoms with Crippen molar-refractivity contribution in [2.45, 2.75) is 13.8 Å². The van der Waals surface area contributed by atoms with E-state index in [1.54, 1.807) is 6.41 Å². The van der Waals surface area contributed by atoms with E-state index in [9.17, 15) is 4.79 Å². The van der Waals surface area contributed by atoms with Crippen LogP contribution in [-0.2, 0) is 4.79 Å². The van der Waals surface area contributed by atoms with Gasteiger partial charge in [0.2, 0.25) is 0 Å². The quantitative estimate of drug-likeness (QED) is 0.636. The van der Waals surface area contributed by atoms with Crippen molar-refractivity contribution in [3.05, 3.63) is 29.3 Å². The molecule has 0 bridgehead atoms. The summed E-state index contributed by atoms with van der Waals surface area (Å²) in [5.74, 6) is 0. The maximum absolute atomic E-state index is 10.0. The SMILES string of the molecule is Cc1ccc(C)c(N[C]=O)c1. The molecular formula is C9H10NO. The van der Waals surface area contributed by atoms with Crippen molar-refractivity contribution >= 4 is 12.1 Å². The maximum atomic E-state index is 10.0. The lowest BCUT2D eigenvalue weighted by molar-refractivity contribution is 0.561. The average molecular weight is 148 g/mol. The molecule has 0 heterocycles. The van der Waals surface area contributed by atoms with Crippen molar-refractivity contribution in [1.29, 1.82) is 0 Å². The fourth-order valence-corrected chi connectivity index (χ4v) is 0.925. The first kappa shape index (κ1) is 7.79. The maximum Gasteiger partial charge on any atom is 0.314 e. The van der Waals surface area contributed by atoms with Crippen LogP contribution in [0.5, 0.6) is 0 Å². The zero-order chi connectivity index (χ0) is 8.27. The van der Waals surface area contributed by atoms with Gasteiger partial charge in [0.25, 0.3) is 0 Å². The Labute approximate surface area is 66.2 Å². The number of aryl methyl sites for hydroxylation is 2. The van der Waals surface area contributed by atoms with E-state index >= 15 is 0 Å². The van der Waals surface area contributed by atoms with E-state index in [1.165, 1.54) is 0 Å². The number of anilines is 1. The summed E-state index contributed by atoms with van der Waals surface area (Å²) in [5, 5.41) is 2.51. The van der Waals surface area contributed by atoms with E-state index in [2.05, 4.69) is 5.32 Å². The number of amides is 1. The number of hydrogen-bond acceptors (Lipinski definition) is 1. The molecule has 0 atom stereocenters. The van der Waals surface area contributed by atoms with Crippen molar-refractivity contribution in [1.82, 2.24) is 0 Å². The fraction of sp³-hybridized carbons (Fsp3) is 0.222. The standard InChI is InChI=1S/C9H10NO/c1-7-3-4-8(2)9(5-7)10-6-11/h3-5H,1-2H3,(H,10,11). The van der Waals surface area contributed by atoms with Crippen LogP contribution in [-0.4, -0.2) is 6.41 Å². The van der Waals surface area contributed by atoms with Gasteiger partial charge in [0, 0.05) is 5.69 Å². The van der Waals surface area contributed by atoms with Gasteiger partial charge in [-0.2, -0.15) is 0 Å². The Kier molecular flexibility index (Phi) is 2.26. The molecule has 0 fully saturated rings. The molecule has 0 spiro atoms. The minimum atomic E-state index is 0.833. The normalized spacial score (nSPS) is 9.27. The Morgan fingerprint density at radius 3 is 2.73 bits per heavy atom. The summed E-state index contributed by atoms with van der Waals surface area (Å²) in [6.45, 7) is 3.93. The molecule has 1 radical (unpaired) electrons. The van der Waals surface area contributed by atoms with Gasteiger partial charge < -0.3 is 5.32 Å². The third-order valence-corrected chi connectivity index (χ3v) is 1.58. The predicted molar refractivity (Wildman–Crippen MR) is 45.2 cm³/mol. The molecule has 0 aromatic heterocycles. The molecule has 2 heteroatoms. The molecule has 1 aromatic carbocycles. The topological polar surface area (TPSA) is 29.1 Å². The summed E-state index contributed by atoms with van der Waals surface area (Å²) in [5.41, 5.74) is 3.02. The molecule has 1 aromatic rings. The molecule has 2 nitrogen and oxygen atoms in total. The van der Waals surface area contributed by atoms with Gasteiger partial charge in [0.1, 0.15) is 0 Å². The average Bonchev–Trinajstić information content (AvgIpc) is 1.98. The van der Waals surface area contributed by atoms with Gasteiger partial charge >= 0.3 is 6.41 Å². The van der Waals surface area contributed by atoms with Crippen molar-refractivity contribution in [2.75, 3.05) is 5.32 Å². The molecule has 1 rings (SSSR count). The molecule has 0 aliphatic rings. The number of nitrogens with one attached hydrogen (secondary N) is 1. The highest BCUT2D eigenvalue weighted by Gasteiger charge is 1.95. The minimum Gasteiger partial charge on any atom is -0.318 e. The molecule has 0 saturated carbocycles. The van der Waals surface area contributed by atoms with Gasteiger partial charge in [-0.3, -0.25) is 4.79 Å². The first-order valence-electron chi connectivity index (χ1n) is 3.44. The third kappa shape index (κ3) is 1.80. The lowest BCUT2D eigenvalue weighted by Crippen LogP contribution is -1.96. The molecule has 0 aliphatic heterocycles. The molecule has 1 amide bonds. The highest BCUT2D eigenvalue weighted by Crippen LogP contribution is 2.14. The Morgan fingerprint density at radius 2 is 2.09 bits per heavy atom. The van der Waals surface area contributed by atoms with Crippen molar-refractivity contribution < 1.29 is 4.79 Å². The van der Waals surface area contributed by atoms with Crippen molar-refractivity contribution in [3.8, 4) is 0 Å². The Morgan fingerprint density at radius 1 is 1.36 bits per heavy atom. The second kappa shape index (κ2) is 3.19. The zero-order valence-electron chi connectivity index (χ0n) is 6.64.